The van der Waals surface area contributed by atoms with Crippen molar-refractivity contribution in [2.24, 2.45) is 0 Å². The van der Waals surface area contributed by atoms with Gasteiger partial charge in [-0.25, -0.2) is 13.1 Å². The normalized spacial score (nSPS) is 13.2. The number of fused-ring (bicyclic) bond motifs is 2. The van der Waals surface area contributed by atoms with E-state index in [4.69, 9.17) is 9.47 Å². The lowest BCUT2D eigenvalue weighted by molar-refractivity contribution is 0.174. The summed E-state index contributed by atoms with van der Waals surface area (Å²) in [5, 5.41) is 15.9. The van der Waals surface area contributed by atoms with Gasteiger partial charge in [0.15, 0.2) is 23.0 Å². The molecule has 1 aromatic carbocycles. The van der Waals surface area contributed by atoms with Crippen molar-refractivity contribution in [3.63, 3.8) is 0 Å². The molecule has 0 unspecified atom stereocenters. The van der Waals surface area contributed by atoms with Gasteiger partial charge < -0.3 is 14.8 Å². The highest BCUT2D eigenvalue weighted by molar-refractivity contribution is 7.89. The van der Waals surface area contributed by atoms with Crippen molar-refractivity contribution in [2.45, 2.75) is 19.9 Å². The third kappa shape index (κ3) is 3.99. The fourth-order valence-electron chi connectivity index (χ4n) is 2.75. The molecule has 0 radical (unpaired) electrons. The van der Waals surface area contributed by atoms with Crippen molar-refractivity contribution in [1.82, 2.24) is 24.5 Å². The maximum Gasteiger partial charge on any atom is 0.231 e. The van der Waals surface area contributed by atoms with Gasteiger partial charge in [0.05, 0.1) is 5.75 Å². The minimum Gasteiger partial charge on any atom is -0.454 e. The summed E-state index contributed by atoms with van der Waals surface area (Å²) in [5.41, 5.74) is 1.63. The Hall–Kier alpha value is -2.92. The second-order valence-electron chi connectivity index (χ2n) is 6.19. The van der Waals surface area contributed by atoms with Crippen molar-refractivity contribution in [3.8, 4) is 11.5 Å². The highest BCUT2D eigenvalue weighted by atomic mass is 32.2. The molecular weight excluding hydrogens is 384 g/mol. The first kappa shape index (κ1) is 18.4. The van der Waals surface area contributed by atoms with Gasteiger partial charge in [-0.3, -0.25) is 0 Å². The number of sulfonamides is 1. The molecule has 0 spiro atoms. The summed E-state index contributed by atoms with van der Waals surface area (Å²) in [4.78, 5) is 0. The van der Waals surface area contributed by atoms with E-state index in [1.807, 2.05) is 30.3 Å². The van der Waals surface area contributed by atoms with Crippen molar-refractivity contribution >= 4 is 21.5 Å². The molecule has 2 aromatic heterocycles. The van der Waals surface area contributed by atoms with Crippen LogP contribution in [0.4, 0.5) is 5.82 Å². The standard InChI is InChI=1S/C17H20N6O4S/c1-2-28(24,25)19-8-7-17-21-20-16-6-5-15(22-23(16)17)18-10-12-3-4-13-14(9-12)27-11-26-13/h3-6,9,19H,2,7-8,10-11H2,1H3,(H,18,22). The minimum atomic E-state index is -3.24. The van der Waals surface area contributed by atoms with E-state index < -0.39 is 10.0 Å². The van der Waals surface area contributed by atoms with Gasteiger partial charge in [0.25, 0.3) is 0 Å². The SMILES string of the molecule is CCS(=O)(=O)NCCc1nnc2ccc(NCc3ccc4c(c3)OCO4)nn12. The van der Waals surface area contributed by atoms with Crippen LogP contribution < -0.4 is 19.5 Å². The fourth-order valence-corrected chi connectivity index (χ4v) is 3.36. The van der Waals surface area contributed by atoms with E-state index in [9.17, 15) is 8.42 Å². The van der Waals surface area contributed by atoms with Crippen LogP contribution in [0.1, 0.15) is 18.3 Å². The molecule has 4 rings (SSSR count). The Bertz CT molecular complexity index is 1100. The molecule has 0 bridgehead atoms. The molecule has 0 amide bonds. The topological polar surface area (TPSA) is 120 Å². The fraction of sp³-hybridized carbons (Fsp3) is 0.353. The third-order valence-corrected chi connectivity index (χ3v) is 5.69. The summed E-state index contributed by atoms with van der Waals surface area (Å²) >= 11 is 0. The van der Waals surface area contributed by atoms with E-state index in [0.29, 0.717) is 30.3 Å². The smallest absolute Gasteiger partial charge is 0.231 e. The van der Waals surface area contributed by atoms with Crippen molar-refractivity contribution in [3.05, 3.63) is 41.7 Å². The molecule has 3 aromatic rings. The molecule has 2 N–H and O–H groups in total. The van der Waals surface area contributed by atoms with Crippen molar-refractivity contribution in [1.29, 1.82) is 0 Å². The lowest BCUT2D eigenvalue weighted by Crippen LogP contribution is -2.27. The lowest BCUT2D eigenvalue weighted by atomic mass is 10.2. The zero-order valence-corrected chi connectivity index (χ0v) is 16.1. The van der Waals surface area contributed by atoms with E-state index in [1.54, 1.807) is 11.4 Å². The highest BCUT2D eigenvalue weighted by Crippen LogP contribution is 2.32. The predicted octanol–water partition coefficient (Wildman–Crippen LogP) is 0.947. The molecule has 28 heavy (non-hydrogen) atoms. The Kier molecular flexibility index (Phi) is 5.01. The second kappa shape index (κ2) is 7.60. The molecule has 0 saturated carbocycles. The number of anilines is 1. The molecule has 148 valence electrons. The average Bonchev–Trinajstić information content (AvgIpc) is 3.32. The van der Waals surface area contributed by atoms with Crippen LogP contribution in [-0.4, -0.2) is 47.3 Å². The van der Waals surface area contributed by atoms with Crippen molar-refractivity contribution in [2.75, 3.05) is 24.4 Å². The van der Waals surface area contributed by atoms with Crippen LogP contribution in [0, 0.1) is 0 Å². The lowest BCUT2D eigenvalue weighted by Gasteiger charge is -2.07. The maximum absolute atomic E-state index is 11.5. The number of nitrogens with one attached hydrogen (secondary N) is 2. The molecule has 0 fully saturated rings. The summed E-state index contributed by atoms with van der Waals surface area (Å²) < 4.78 is 37.9. The first-order chi connectivity index (χ1) is 13.5. The van der Waals surface area contributed by atoms with Crippen LogP contribution in [0.5, 0.6) is 11.5 Å². The van der Waals surface area contributed by atoms with E-state index >= 15 is 0 Å². The predicted molar refractivity (Wildman–Crippen MR) is 102 cm³/mol. The number of hydrogen-bond acceptors (Lipinski definition) is 8. The molecule has 11 heteroatoms. The van der Waals surface area contributed by atoms with Crippen LogP contribution in [0.25, 0.3) is 5.65 Å². The number of nitrogens with zero attached hydrogens (tertiary/aromatic N) is 4. The first-order valence-corrected chi connectivity index (χ1v) is 10.5. The van der Waals surface area contributed by atoms with Crippen LogP contribution in [-0.2, 0) is 23.0 Å². The Balaban J connectivity index is 1.43. The molecule has 0 aliphatic carbocycles. The van der Waals surface area contributed by atoms with Gasteiger partial charge in [0, 0.05) is 19.5 Å². The van der Waals surface area contributed by atoms with Gasteiger partial charge in [-0.15, -0.1) is 15.3 Å². The molecule has 0 atom stereocenters. The van der Waals surface area contributed by atoms with E-state index in [0.717, 1.165) is 17.1 Å². The second-order valence-corrected chi connectivity index (χ2v) is 8.29. The zero-order chi connectivity index (χ0) is 19.6. The average molecular weight is 404 g/mol. The van der Waals surface area contributed by atoms with Gasteiger partial charge in [-0.2, -0.15) is 4.52 Å². The largest absolute Gasteiger partial charge is 0.454 e. The summed E-state index contributed by atoms with van der Waals surface area (Å²) in [6, 6.07) is 9.40. The summed E-state index contributed by atoms with van der Waals surface area (Å²) in [6.07, 6.45) is 0.388. The Morgan fingerprint density at radius 3 is 2.86 bits per heavy atom. The minimum absolute atomic E-state index is 0.0414. The van der Waals surface area contributed by atoms with E-state index in [1.165, 1.54) is 0 Å². The number of ether oxygens (including phenoxy) is 2. The van der Waals surface area contributed by atoms with Crippen LogP contribution >= 0.6 is 0 Å². The van der Waals surface area contributed by atoms with Crippen molar-refractivity contribution < 1.29 is 17.9 Å². The highest BCUT2D eigenvalue weighted by Gasteiger charge is 2.14. The molecular formula is C17H20N6O4S. The van der Waals surface area contributed by atoms with Crippen LogP contribution in [0.2, 0.25) is 0 Å². The van der Waals surface area contributed by atoms with E-state index in [2.05, 4.69) is 25.3 Å². The van der Waals surface area contributed by atoms with Gasteiger partial charge >= 0.3 is 0 Å². The Labute approximate surface area is 161 Å². The van der Waals surface area contributed by atoms with E-state index in [-0.39, 0.29) is 19.1 Å². The monoisotopic (exact) mass is 404 g/mol. The van der Waals surface area contributed by atoms with Crippen LogP contribution in [0.15, 0.2) is 30.3 Å². The molecule has 3 heterocycles. The number of rotatable bonds is 8. The molecule has 1 aliphatic rings. The molecule has 10 nitrogen and oxygen atoms in total. The molecule has 1 aliphatic heterocycles. The first-order valence-electron chi connectivity index (χ1n) is 8.85. The quantitative estimate of drug-likeness (QED) is 0.569. The van der Waals surface area contributed by atoms with Crippen LogP contribution in [0.3, 0.4) is 0 Å². The van der Waals surface area contributed by atoms with Gasteiger partial charge in [0.1, 0.15) is 5.82 Å². The number of benzene rings is 1. The Morgan fingerprint density at radius 1 is 1.14 bits per heavy atom. The third-order valence-electron chi connectivity index (χ3n) is 4.29. The van der Waals surface area contributed by atoms with Gasteiger partial charge in [-0.1, -0.05) is 6.07 Å². The number of aromatic nitrogens is 4. The van der Waals surface area contributed by atoms with Gasteiger partial charge in [-0.05, 0) is 36.8 Å². The maximum atomic E-state index is 11.5. The Morgan fingerprint density at radius 2 is 2.00 bits per heavy atom. The summed E-state index contributed by atoms with van der Waals surface area (Å²) in [7, 11) is -3.24. The molecule has 0 saturated heterocycles. The summed E-state index contributed by atoms with van der Waals surface area (Å²) in [6.45, 7) is 2.64. The van der Waals surface area contributed by atoms with Gasteiger partial charge in [0.2, 0.25) is 16.8 Å². The zero-order valence-electron chi connectivity index (χ0n) is 15.3. The number of hydrogen-bond donors (Lipinski definition) is 2. The summed E-state index contributed by atoms with van der Waals surface area (Å²) in [5.74, 6) is 2.76.